The van der Waals surface area contributed by atoms with Crippen LogP contribution in [0, 0.1) is 0 Å². The van der Waals surface area contributed by atoms with Gasteiger partial charge in [-0.1, -0.05) is 27.7 Å². The summed E-state index contributed by atoms with van der Waals surface area (Å²) >= 11 is 5.58. The zero-order valence-corrected chi connectivity index (χ0v) is 14.3. The second-order valence-electron chi connectivity index (χ2n) is 4.21. The zero-order chi connectivity index (χ0) is 17.6. The van der Waals surface area contributed by atoms with E-state index in [1.165, 1.54) is 19.2 Å². The molecule has 3 N–H and O–H groups in total. The van der Waals surface area contributed by atoms with Gasteiger partial charge in [-0.3, -0.25) is 4.55 Å². The maximum Gasteiger partial charge on any atom is 0.464 e. The Balaban J connectivity index is 0.000000277. The Kier molecular flexibility index (Phi) is 6.70. The summed E-state index contributed by atoms with van der Waals surface area (Å²) in [4.78, 5) is -0.281. The van der Waals surface area contributed by atoms with E-state index >= 15 is 0 Å². The fraction of sp³-hybridized carbons (Fsp3) is 0.0769. The average Bonchev–Trinajstić information content (AvgIpc) is 2.49. The molecule has 0 fully saturated rings. The highest BCUT2D eigenvalue weighted by Gasteiger charge is 2.12. The van der Waals surface area contributed by atoms with E-state index in [2.05, 4.69) is 0 Å². The Morgan fingerprint density at radius 2 is 1.61 bits per heavy atom. The Morgan fingerprint density at radius 1 is 1.09 bits per heavy atom. The third kappa shape index (κ3) is 5.99. The van der Waals surface area contributed by atoms with Gasteiger partial charge < -0.3 is 5.73 Å². The van der Waals surface area contributed by atoms with Crippen LogP contribution in [0.25, 0.3) is 0 Å². The van der Waals surface area contributed by atoms with E-state index in [-0.39, 0.29) is 4.90 Å². The minimum atomic E-state index is -4.24. The van der Waals surface area contributed by atoms with Crippen LogP contribution in [0.1, 0.15) is 0 Å². The molecule has 0 unspecified atom stereocenters. The van der Waals surface area contributed by atoms with Crippen LogP contribution < -0.4 is 5.73 Å². The molecule has 10 heteroatoms. The van der Waals surface area contributed by atoms with Crippen LogP contribution in [0.2, 0.25) is 5.02 Å². The van der Waals surface area contributed by atoms with Crippen LogP contribution >= 0.6 is 11.6 Å². The van der Waals surface area contributed by atoms with Crippen LogP contribution in [0.3, 0.4) is 0 Å². The van der Waals surface area contributed by atoms with Crippen LogP contribution in [-0.4, -0.2) is 32.4 Å². The molecule has 0 radical (unpaired) electrons. The molecule has 0 saturated carbocycles. The molecular formula is C13H14ClN2O5S2+. The van der Waals surface area contributed by atoms with Gasteiger partial charge in [0.1, 0.15) is 0 Å². The summed E-state index contributed by atoms with van der Waals surface area (Å²) in [6.45, 7) is 0. The lowest BCUT2D eigenvalue weighted by molar-refractivity contribution is -0.377. The predicted molar refractivity (Wildman–Crippen MR) is 86.9 cm³/mol. The summed E-state index contributed by atoms with van der Waals surface area (Å²) in [6, 6.07) is 12.0. The highest BCUT2D eigenvalue weighted by molar-refractivity contribution is 7.85. The minimum absolute atomic E-state index is 0.281. The summed E-state index contributed by atoms with van der Waals surface area (Å²) in [7, 11) is -5.34. The van der Waals surface area contributed by atoms with Crippen molar-refractivity contribution in [2.24, 2.45) is 0 Å². The number of para-hydroxylation sites is 1. The van der Waals surface area contributed by atoms with Gasteiger partial charge in [-0.15, -0.1) is 8.42 Å². The summed E-state index contributed by atoms with van der Waals surface area (Å²) in [6.07, 6.45) is 0. The van der Waals surface area contributed by atoms with E-state index in [0.717, 1.165) is 16.1 Å². The number of anilines is 1. The van der Waals surface area contributed by atoms with Crippen molar-refractivity contribution in [3.63, 3.8) is 0 Å². The van der Waals surface area contributed by atoms with E-state index in [1.54, 1.807) is 12.1 Å². The van der Waals surface area contributed by atoms with Gasteiger partial charge in [0.05, 0.1) is 15.6 Å². The zero-order valence-electron chi connectivity index (χ0n) is 11.9. The maximum absolute atomic E-state index is 10.7. The van der Waals surface area contributed by atoms with Crippen molar-refractivity contribution in [1.29, 1.82) is 0 Å². The summed E-state index contributed by atoms with van der Waals surface area (Å²) in [5.41, 5.74) is 6.32. The van der Waals surface area contributed by atoms with Gasteiger partial charge in [-0.25, -0.2) is 0 Å². The average molecular weight is 378 g/mol. The number of nitrogens with zero attached hydrogens (tertiary/aromatic N) is 1. The molecule has 2 rings (SSSR count). The molecule has 0 aliphatic carbocycles. The lowest BCUT2D eigenvalue weighted by Crippen LogP contribution is -1.99. The van der Waals surface area contributed by atoms with E-state index in [1.807, 2.05) is 12.1 Å². The Hall–Kier alpha value is -1.94. The molecule has 0 heterocycles. The SMILES string of the molecule is C[N+](c1ccc(S(=O)(=O)O)cc1)=S(=O)=O.Nc1ccccc1Cl. The summed E-state index contributed by atoms with van der Waals surface area (Å²) < 4.78 is 52.0. The number of nitrogen functional groups attached to an aromatic ring is 1. The lowest BCUT2D eigenvalue weighted by Gasteiger charge is -1.95. The van der Waals surface area contributed by atoms with Crippen molar-refractivity contribution in [3.8, 4) is 0 Å². The van der Waals surface area contributed by atoms with Gasteiger partial charge in [0.15, 0.2) is 7.05 Å². The number of hydrogen-bond donors (Lipinski definition) is 2. The van der Waals surface area contributed by atoms with Crippen molar-refractivity contribution >= 4 is 43.6 Å². The molecule has 0 atom stereocenters. The molecule has 0 saturated heterocycles. The first kappa shape index (κ1) is 19.1. The molecule has 0 aliphatic rings. The molecule has 2 aromatic rings. The molecule has 7 nitrogen and oxygen atoms in total. The molecule has 0 bridgehead atoms. The Bertz CT molecular complexity index is 894. The quantitative estimate of drug-likeness (QED) is 0.470. The first-order chi connectivity index (χ1) is 10.6. The van der Waals surface area contributed by atoms with Gasteiger partial charge in [-0.2, -0.15) is 8.42 Å². The van der Waals surface area contributed by atoms with Gasteiger partial charge >= 0.3 is 10.5 Å². The fourth-order valence-corrected chi connectivity index (χ4v) is 2.30. The van der Waals surface area contributed by atoms with Gasteiger partial charge in [0, 0.05) is 12.1 Å². The number of halogens is 1. The normalized spacial score (nSPS) is 10.4. The van der Waals surface area contributed by atoms with Crippen molar-refractivity contribution in [2.75, 3.05) is 12.8 Å². The van der Waals surface area contributed by atoms with Crippen molar-refractivity contribution in [1.82, 2.24) is 0 Å². The minimum Gasteiger partial charge on any atom is -0.398 e. The third-order valence-corrected chi connectivity index (χ3v) is 4.50. The second kappa shape index (κ2) is 8.06. The van der Waals surface area contributed by atoms with E-state index in [9.17, 15) is 16.8 Å². The van der Waals surface area contributed by atoms with Crippen molar-refractivity contribution in [3.05, 3.63) is 53.6 Å². The van der Waals surface area contributed by atoms with Crippen molar-refractivity contribution in [2.45, 2.75) is 4.90 Å². The predicted octanol–water partition coefficient (Wildman–Crippen LogP) is 2.19. The van der Waals surface area contributed by atoms with Crippen LogP contribution in [0.15, 0.2) is 53.4 Å². The standard InChI is InChI=1S/C7H7NO5S2.C6H6ClN/c1-8(14(9)10)6-2-4-7(5-3-6)15(11,12)13;7-5-3-1-2-4-6(5)8/h2-5H,1H3;1-4H,8H2/p+1. The van der Waals surface area contributed by atoms with Gasteiger partial charge in [0.25, 0.3) is 10.1 Å². The molecule has 0 amide bonds. The van der Waals surface area contributed by atoms with Crippen LogP contribution in [0.4, 0.5) is 11.4 Å². The number of benzene rings is 2. The highest BCUT2D eigenvalue weighted by atomic mass is 35.5. The third-order valence-electron chi connectivity index (χ3n) is 2.63. The Morgan fingerprint density at radius 3 is 1.96 bits per heavy atom. The highest BCUT2D eigenvalue weighted by Crippen LogP contribution is 2.16. The first-order valence-electron chi connectivity index (χ1n) is 6.03. The number of hydrogen-bond acceptors (Lipinski definition) is 5. The molecular weight excluding hydrogens is 364 g/mol. The molecule has 0 spiro atoms. The number of nitrogens with two attached hydrogens (primary N) is 1. The fourth-order valence-electron chi connectivity index (χ4n) is 1.39. The van der Waals surface area contributed by atoms with Crippen LogP contribution in [0.5, 0.6) is 0 Å². The molecule has 0 aromatic heterocycles. The van der Waals surface area contributed by atoms with Gasteiger partial charge in [0.2, 0.25) is 5.69 Å². The molecule has 0 aliphatic heterocycles. The van der Waals surface area contributed by atoms with E-state index in [4.69, 9.17) is 21.9 Å². The van der Waals surface area contributed by atoms with Crippen molar-refractivity contribution < 1.29 is 25.3 Å². The summed E-state index contributed by atoms with van der Waals surface area (Å²) in [5.74, 6) is 0. The largest absolute Gasteiger partial charge is 0.464 e. The topological polar surface area (TPSA) is 118 Å². The number of rotatable bonds is 2. The first-order valence-corrected chi connectivity index (χ1v) is 8.88. The monoisotopic (exact) mass is 377 g/mol. The Labute approximate surface area is 140 Å². The summed E-state index contributed by atoms with van der Waals surface area (Å²) in [5, 5.41) is 0.618. The lowest BCUT2D eigenvalue weighted by atomic mass is 10.3. The maximum atomic E-state index is 10.7. The van der Waals surface area contributed by atoms with E-state index in [0.29, 0.717) is 16.4 Å². The second-order valence-corrected chi connectivity index (χ2v) is 7.02. The van der Waals surface area contributed by atoms with E-state index < -0.39 is 20.6 Å². The molecule has 23 heavy (non-hydrogen) atoms. The smallest absolute Gasteiger partial charge is 0.398 e. The van der Waals surface area contributed by atoms with Gasteiger partial charge in [-0.05, 0) is 24.3 Å². The van der Waals surface area contributed by atoms with Crippen LogP contribution in [-0.2, 0) is 20.6 Å². The molecule has 2 aromatic carbocycles. The molecule has 124 valence electrons.